The number of hydrogen-bond acceptors (Lipinski definition) is 4. The molecule has 0 saturated carbocycles. The van der Waals surface area contributed by atoms with Crippen molar-refractivity contribution < 1.29 is 27.5 Å². The Hall–Kier alpha value is -3.82. The Balaban J connectivity index is 1.34. The molecule has 4 rings (SSSR count). The van der Waals surface area contributed by atoms with Crippen LogP contribution in [0.3, 0.4) is 0 Å². The summed E-state index contributed by atoms with van der Waals surface area (Å²) in [6, 6.07) is 11.4. The van der Waals surface area contributed by atoms with Gasteiger partial charge in [-0.05, 0) is 62.4 Å². The maximum atomic E-state index is 14.4. The summed E-state index contributed by atoms with van der Waals surface area (Å²) in [5, 5.41) is 6.42. The number of aryl methyl sites for hydroxylation is 1. The Kier molecular flexibility index (Phi) is 7.85. The lowest BCUT2D eigenvalue weighted by Crippen LogP contribution is -2.38. The fourth-order valence-corrected chi connectivity index (χ4v) is 4.48. The van der Waals surface area contributed by atoms with Gasteiger partial charge in [0, 0.05) is 38.1 Å². The molecule has 1 aromatic heterocycles. The van der Waals surface area contributed by atoms with Gasteiger partial charge in [-0.25, -0.2) is 13.2 Å². The highest BCUT2D eigenvalue weighted by Gasteiger charge is 2.29. The predicted molar refractivity (Wildman–Crippen MR) is 133 cm³/mol. The summed E-state index contributed by atoms with van der Waals surface area (Å²) in [6.07, 6.45) is -0.228. The molecule has 7 nitrogen and oxygen atoms in total. The molecule has 10 heteroatoms. The number of rotatable bonds is 7. The van der Waals surface area contributed by atoms with Gasteiger partial charge in [0.25, 0.3) is 18.2 Å². The number of alkyl halides is 2. The number of nitrogens with zero attached hydrogens (tertiary/aromatic N) is 3. The van der Waals surface area contributed by atoms with Crippen molar-refractivity contribution in [2.75, 3.05) is 18.4 Å². The SMILES string of the molecule is CC(C)Oc1ccc(C(=O)Nc2ccc(C3CCN(C(=O)c4cn(C)nc4C(F)F)CC3)cc2)c(F)c1. The number of nitrogens with one attached hydrogen (secondary N) is 1. The second kappa shape index (κ2) is 11.1. The van der Waals surface area contributed by atoms with Crippen LogP contribution in [0.15, 0.2) is 48.7 Å². The molecular weight excluding hydrogens is 485 g/mol. The smallest absolute Gasteiger partial charge is 0.282 e. The zero-order chi connectivity index (χ0) is 26.7. The van der Waals surface area contributed by atoms with Crippen LogP contribution in [0.2, 0.25) is 0 Å². The topological polar surface area (TPSA) is 76.5 Å². The van der Waals surface area contributed by atoms with E-state index in [4.69, 9.17) is 4.74 Å². The maximum Gasteiger partial charge on any atom is 0.282 e. The number of anilines is 1. The van der Waals surface area contributed by atoms with E-state index in [9.17, 15) is 22.8 Å². The monoisotopic (exact) mass is 514 g/mol. The standard InChI is InChI=1S/C27H29F3N4O3/c1-16(2)37-20-8-9-21(23(28)14-20)26(35)31-19-6-4-17(5-7-19)18-10-12-34(13-11-18)27(36)22-15-33(3)32-24(22)25(29)30/h4-9,14-16,18,25H,10-13H2,1-3H3,(H,31,35). The van der Waals surface area contributed by atoms with Gasteiger partial charge in [0.1, 0.15) is 17.3 Å². The second-order valence-electron chi connectivity index (χ2n) is 9.35. The number of aromatic nitrogens is 2. The van der Waals surface area contributed by atoms with Gasteiger partial charge >= 0.3 is 0 Å². The number of amides is 2. The van der Waals surface area contributed by atoms with Crippen LogP contribution >= 0.6 is 0 Å². The van der Waals surface area contributed by atoms with Crippen molar-refractivity contribution in [3.63, 3.8) is 0 Å². The van der Waals surface area contributed by atoms with Crippen LogP contribution in [0.25, 0.3) is 0 Å². The number of benzene rings is 2. The van der Waals surface area contributed by atoms with E-state index in [1.54, 1.807) is 23.1 Å². The van der Waals surface area contributed by atoms with Gasteiger partial charge in [-0.1, -0.05) is 12.1 Å². The molecule has 1 aliphatic rings. The molecule has 37 heavy (non-hydrogen) atoms. The molecule has 1 fully saturated rings. The van der Waals surface area contributed by atoms with Crippen LogP contribution in [0.1, 0.15) is 71.0 Å². The fourth-order valence-electron chi connectivity index (χ4n) is 4.48. The first kappa shape index (κ1) is 26.2. The summed E-state index contributed by atoms with van der Waals surface area (Å²) in [5.41, 5.74) is 0.933. The molecule has 1 aliphatic heterocycles. The lowest BCUT2D eigenvalue weighted by molar-refractivity contribution is 0.0701. The molecule has 0 unspecified atom stereocenters. The van der Waals surface area contributed by atoms with Crippen molar-refractivity contribution in [3.05, 3.63) is 76.9 Å². The summed E-state index contributed by atoms with van der Waals surface area (Å²) in [5.74, 6) is -1.12. The molecule has 3 aromatic rings. The lowest BCUT2D eigenvalue weighted by Gasteiger charge is -2.32. The Labute approximate surface area is 213 Å². The van der Waals surface area contributed by atoms with E-state index in [-0.39, 0.29) is 23.1 Å². The fraction of sp³-hybridized carbons (Fsp3) is 0.370. The molecule has 196 valence electrons. The van der Waals surface area contributed by atoms with Gasteiger partial charge in [-0.3, -0.25) is 14.3 Å². The molecule has 2 aromatic carbocycles. The molecule has 0 spiro atoms. The third-order valence-corrected chi connectivity index (χ3v) is 6.27. The quantitative estimate of drug-likeness (QED) is 0.448. The number of ether oxygens (including phenoxy) is 1. The Morgan fingerprint density at radius 3 is 2.32 bits per heavy atom. The van der Waals surface area contributed by atoms with E-state index < -0.39 is 29.8 Å². The van der Waals surface area contributed by atoms with Crippen molar-refractivity contribution in [2.24, 2.45) is 7.05 Å². The average molecular weight is 515 g/mol. The van der Waals surface area contributed by atoms with Gasteiger partial charge in [0.2, 0.25) is 0 Å². The number of carbonyl (C=O) groups excluding carboxylic acids is 2. The van der Waals surface area contributed by atoms with Crippen molar-refractivity contribution >= 4 is 17.5 Å². The number of halogens is 3. The highest BCUT2D eigenvalue weighted by Crippen LogP contribution is 2.31. The van der Waals surface area contributed by atoms with E-state index in [1.807, 2.05) is 26.0 Å². The minimum absolute atomic E-state index is 0.0606. The first-order valence-electron chi connectivity index (χ1n) is 12.1. The molecule has 2 amide bonds. The lowest BCUT2D eigenvalue weighted by atomic mass is 9.89. The van der Waals surface area contributed by atoms with Crippen molar-refractivity contribution in [1.82, 2.24) is 14.7 Å². The Bertz CT molecular complexity index is 1270. The molecular formula is C27H29F3N4O3. The van der Waals surface area contributed by atoms with Crippen LogP contribution in [0.5, 0.6) is 5.75 Å². The first-order valence-corrected chi connectivity index (χ1v) is 12.1. The summed E-state index contributed by atoms with van der Waals surface area (Å²) >= 11 is 0. The zero-order valence-corrected chi connectivity index (χ0v) is 20.9. The van der Waals surface area contributed by atoms with Crippen LogP contribution in [-0.2, 0) is 7.05 Å². The minimum atomic E-state index is -2.81. The second-order valence-corrected chi connectivity index (χ2v) is 9.35. The largest absolute Gasteiger partial charge is 0.491 e. The van der Waals surface area contributed by atoms with Crippen LogP contribution in [0, 0.1) is 5.82 Å². The highest BCUT2D eigenvalue weighted by atomic mass is 19.3. The molecule has 0 aliphatic carbocycles. The van der Waals surface area contributed by atoms with Gasteiger partial charge < -0.3 is 15.0 Å². The van der Waals surface area contributed by atoms with E-state index >= 15 is 0 Å². The molecule has 1 N–H and O–H groups in total. The van der Waals surface area contributed by atoms with Gasteiger partial charge in [-0.2, -0.15) is 5.10 Å². The number of piperidine rings is 1. The number of likely N-dealkylation sites (tertiary alicyclic amines) is 1. The predicted octanol–water partition coefficient (Wildman–Crippen LogP) is 5.56. The van der Waals surface area contributed by atoms with Crippen molar-refractivity contribution in [1.29, 1.82) is 0 Å². The third-order valence-electron chi connectivity index (χ3n) is 6.27. The Morgan fingerprint density at radius 2 is 1.73 bits per heavy atom. The molecule has 1 saturated heterocycles. The Morgan fingerprint density at radius 1 is 1.05 bits per heavy atom. The van der Waals surface area contributed by atoms with E-state index in [2.05, 4.69) is 10.4 Å². The average Bonchev–Trinajstić information content (AvgIpc) is 3.26. The summed E-state index contributed by atoms with van der Waals surface area (Å²) < 4.78 is 47.6. The van der Waals surface area contributed by atoms with Gasteiger partial charge in [0.05, 0.1) is 17.2 Å². The number of hydrogen-bond donors (Lipinski definition) is 1. The van der Waals surface area contributed by atoms with Gasteiger partial charge in [0.15, 0.2) is 0 Å². The summed E-state index contributed by atoms with van der Waals surface area (Å²) in [4.78, 5) is 26.9. The summed E-state index contributed by atoms with van der Waals surface area (Å²) in [6.45, 7) is 4.54. The third kappa shape index (κ3) is 6.12. The minimum Gasteiger partial charge on any atom is -0.491 e. The highest BCUT2D eigenvalue weighted by molar-refractivity contribution is 6.04. The maximum absolute atomic E-state index is 14.4. The van der Waals surface area contributed by atoms with E-state index in [0.29, 0.717) is 37.4 Å². The molecule has 0 radical (unpaired) electrons. The molecule has 2 heterocycles. The first-order chi connectivity index (χ1) is 17.6. The summed E-state index contributed by atoms with van der Waals surface area (Å²) in [7, 11) is 1.51. The van der Waals surface area contributed by atoms with E-state index in [1.165, 1.54) is 30.1 Å². The van der Waals surface area contributed by atoms with Crippen molar-refractivity contribution in [3.8, 4) is 5.75 Å². The van der Waals surface area contributed by atoms with Gasteiger partial charge in [-0.15, -0.1) is 0 Å². The number of carbonyl (C=O) groups is 2. The van der Waals surface area contributed by atoms with E-state index in [0.717, 1.165) is 5.56 Å². The van der Waals surface area contributed by atoms with Crippen molar-refractivity contribution in [2.45, 2.75) is 45.1 Å². The van der Waals surface area contributed by atoms with Crippen LogP contribution in [-0.4, -0.2) is 45.7 Å². The van der Waals surface area contributed by atoms with Crippen LogP contribution < -0.4 is 10.1 Å². The molecule has 0 atom stereocenters. The molecule has 0 bridgehead atoms. The normalized spacial score (nSPS) is 14.3. The van der Waals surface area contributed by atoms with Crippen LogP contribution in [0.4, 0.5) is 18.9 Å². The zero-order valence-electron chi connectivity index (χ0n) is 20.9.